The molecule has 14 heteroatoms. The van der Waals surface area contributed by atoms with Crippen molar-refractivity contribution in [3.05, 3.63) is 123 Å². The van der Waals surface area contributed by atoms with E-state index in [9.17, 15) is 35.9 Å². The molecule has 0 radical (unpaired) electrons. The second-order valence-corrected chi connectivity index (χ2v) is 11.9. The minimum Gasteiger partial charge on any atom is -0.493 e. The van der Waals surface area contributed by atoms with E-state index < -0.39 is 46.8 Å². The Kier molecular flexibility index (Phi) is 11.2. The average molecular weight is 727 g/mol. The van der Waals surface area contributed by atoms with Crippen molar-refractivity contribution in [1.29, 1.82) is 0 Å². The van der Waals surface area contributed by atoms with Gasteiger partial charge in [-0.25, -0.2) is 9.78 Å². The first-order valence-corrected chi connectivity index (χ1v) is 16.4. The number of ether oxygens (including phenoxy) is 2. The summed E-state index contributed by atoms with van der Waals surface area (Å²) in [6.07, 6.45) is -9.18. The lowest BCUT2D eigenvalue weighted by atomic mass is 10.1. The summed E-state index contributed by atoms with van der Waals surface area (Å²) >= 11 is 0. The number of hydrogen-bond donors (Lipinski definition) is 1. The van der Waals surface area contributed by atoms with Crippen LogP contribution >= 0.6 is 0 Å². The highest BCUT2D eigenvalue weighted by Crippen LogP contribution is 2.38. The summed E-state index contributed by atoms with van der Waals surface area (Å²) in [4.78, 5) is 34.5. The third-order valence-electron chi connectivity index (χ3n) is 8.65. The number of benzene rings is 4. The van der Waals surface area contributed by atoms with Crippen LogP contribution in [0.15, 0.2) is 89.7 Å². The predicted molar refractivity (Wildman–Crippen MR) is 185 cm³/mol. The van der Waals surface area contributed by atoms with Crippen LogP contribution in [0, 0.1) is 0 Å². The van der Waals surface area contributed by atoms with Crippen LogP contribution in [0.1, 0.15) is 54.4 Å². The topological polar surface area (TPSA) is 85.7 Å². The zero-order valence-electron chi connectivity index (χ0n) is 28.7. The molecule has 5 rings (SSSR count). The van der Waals surface area contributed by atoms with Crippen molar-refractivity contribution in [2.45, 2.75) is 51.5 Å². The van der Waals surface area contributed by atoms with Gasteiger partial charge in [0, 0.05) is 12.2 Å². The summed E-state index contributed by atoms with van der Waals surface area (Å²) in [6.45, 7) is 3.62. The number of nitrogens with one attached hydrogen (secondary N) is 1. The van der Waals surface area contributed by atoms with Crippen molar-refractivity contribution in [1.82, 2.24) is 14.5 Å². The van der Waals surface area contributed by atoms with Crippen LogP contribution in [0.3, 0.4) is 0 Å². The Balaban J connectivity index is 1.66. The zero-order valence-corrected chi connectivity index (χ0v) is 28.7. The van der Waals surface area contributed by atoms with Crippen molar-refractivity contribution >= 4 is 22.6 Å². The molecule has 1 N–H and O–H groups in total. The second kappa shape index (κ2) is 15.4. The molecule has 4 aromatic carbocycles. The van der Waals surface area contributed by atoms with E-state index in [1.807, 2.05) is 19.1 Å². The molecule has 0 aliphatic rings. The van der Waals surface area contributed by atoms with Crippen LogP contribution in [0.2, 0.25) is 0 Å². The SMILES string of the molecule is CCc1ccc(-n2c(C(CC)N(CCc3ccc(OC)c(OC)c3)C(=O)Nc3cc(C(F)(F)F)cc(C(F)(F)F)c3)nc3ccccc3c2=O)cc1. The molecule has 1 unspecified atom stereocenters. The van der Waals surface area contributed by atoms with Crippen LogP contribution < -0.4 is 20.3 Å². The normalized spacial score (nSPS) is 12.4. The largest absolute Gasteiger partial charge is 0.493 e. The van der Waals surface area contributed by atoms with E-state index in [1.54, 1.807) is 61.5 Å². The molecule has 8 nitrogen and oxygen atoms in total. The second-order valence-electron chi connectivity index (χ2n) is 11.9. The zero-order chi connectivity index (χ0) is 37.8. The molecule has 0 aliphatic carbocycles. The minimum atomic E-state index is -5.13. The lowest BCUT2D eigenvalue weighted by Crippen LogP contribution is -2.42. The van der Waals surface area contributed by atoms with Gasteiger partial charge in [-0.1, -0.05) is 44.2 Å². The number of carbonyl (C=O) groups is 1. The summed E-state index contributed by atoms with van der Waals surface area (Å²) in [5.41, 5.74) is -1.80. The monoisotopic (exact) mass is 726 g/mol. The Morgan fingerprint density at radius 1 is 0.827 bits per heavy atom. The van der Waals surface area contributed by atoms with Gasteiger partial charge in [0.15, 0.2) is 11.5 Å². The van der Waals surface area contributed by atoms with E-state index in [-0.39, 0.29) is 31.3 Å². The number of amides is 2. The molecule has 0 aliphatic heterocycles. The number of alkyl halides is 6. The molecule has 0 saturated carbocycles. The molecule has 0 saturated heterocycles. The fraction of sp³-hybridized carbons (Fsp3) is 0.289. The van der Waals surface area contributed by atoms with Gasteiger partial charge >= 0.3 is 18.4 Å². The van der Waals surface area contributed by atoms with Gasteiger partial charge in [-0.3, -0.25) is 9.36 Å². The lowest BCUT2D eigenvalue weighted by Gasteiger charge is -2.33. The maximum atomic E-state index is 14.2. The van der Waals surface area contributed by atoms with E-state index in [4.69, 9.17) is 14.5 Å². The highest BCUT2D eigenvalue weighted by molar-refractivity contribution is 5.90. The molecule has 2 amide bonds. The van der Waals surface area contributed by atoms with Crippen molar-refractivity contribution in [3.8, 4) is 17.2 Å². The van der Waals surface area contributed by atoms with Gasteiger partial charge in [0.1, 0.15) is 5.82 Å². The highest BCUT2D eigenvalue weighted by atomic mass is 19.4. The smallest absolute Gasteiger partial charge is 0.416 e. The van der Waals surface area contributed by atoms with Crippen molar-refractivity contribution in [3.63, 3.8) is 0 Å². The molecule has 0 spiro atoms. The molecule has 1 atom stereocenters. The number of aryl methyl sites for hydroxylation is 1. The number of urea groups is 1. The number of halogens is 6. The molecule has 1 aromatic heterocycles. The van der Waals surface area contributed by atoms with Gasteiger partial charge in [-0.2, -0.15) is 26.3 Å². The predicted octanol–water partition coefficient (Wildman–Crippen LogP) is 9.23. The lowest BCUT2D eigenvalue weighted by molar-refractivity contribution is -0.143. The van der Waals surface area contributed by atoms with Gasteiger partial charge in [-0.05, 0) is 85.0 Å². The number of nitrogens with zero attached hydrogens (tertiary/aromatic N) is 3. The first kappa shape index (κ1) is 37.7. The maximum Gasteiger partial charge on any atom is 0.416 e. The van der Waals surface area contributed by atoms with Crippen LogP contribution in [0.25, 0.3) is 16.6 Å². The Hall–Kier alpha value is -5.53. The number of para-hydroxylation sites is 1. The van der Waals surface area contributed by atoms with Gasteiger partial charge in [0.2, 0.25) is 0 Å². The number of rotatable bonds is 11. The molecule has 52 heavy (non-hydrogen) atoms. The van der Waals surface area contributed by atoms with E-state index in [2.05, 4.69) is 5.32 Å². The van der Waals surface area contributed by atoms with E-state index >= 15 is 0 Å². The van der Waals surface area contributed by atoms with Gasteiger partial charge in [0.25, 0.3) is 5.56 Å². The molecule has 0 bridgehead atoms. The minimum absolute atomic E-state index is 0.0131. The number of aromatic nitrogens is 2. The summed E-state index contributed by atoms with van der Waals surface area (Å²) < 4.78 is 94.5. The Morgan fingerprint density at radius 2 is 1.44 bits per heavy atom. The highest BCUT2D eigenvalue weighted by Gasteiger charge is 2.38. The van der Waals surface area contributed by atoms with E-state index in [0.29, 0.717) is 45.8 Å². The third kappa shape index (κ3) is 8.16. The Labute approximate surface area is 295 Å². The molecular weight excluding hydrogens is 690 g/mol. The van der Waals surface area contributed by atoms with Crippen molar-refractivity contribution < 1.29 is 40.6 Å². The van der Waals surface area contributed by atoms with Crippen LogP contribution in [-0.4, -0.2) is 41.2 Å². The third-order valence-corrected chi connectivity index (χ3v) is 8.65. The van der Waals surface area contributed by atoms with E-state index in [1.165, 1.54) is 23.7 Å². The maximum absolute atomic E-state index is 14.2. The first-order valence-electron chi connectivity index (χ1n) is 16.4. The summed E-state index contributed by atoms with van der Waals surface area (Å²) in [7, 11) is 2.93. The fourth-order valence-electron chi connectivity index (χ4n) is 5.95. The van der Waals surface area contributed by atoms with Crippen LogP contribution in [0.4, 0.5) is 36.8 Å². The standard InChI is InChI=1S/C38H36F6N4O4/c1-5-23-11-14-28(15-12-23)48-34(46-30-10-8-7-9-29(30)35(48)49)31(6-2)47(18-17-24-13-16-32(51-3)33(19-24)52-4)36(50)45-27-21-25(37(39,40)41)20-26(22-27)38(42,43)44/h7-16,19-22,31H,5-6,17-18H2,1-4H3,(H,45,50). The molecular formula is C38H36F6N4O4. The summed E-state index contributed by atoms with van der Waals surface area (Å²) in [5, 5.41) is 2.59. The number of fused-ring (bicyclic) bond motifs is 1. The number of hydrogen-bond acceptors (Lipinski definition) is 5. The first-order chi connectivity index (χ1) is 24.7. The molecule has 0 fully saturated rings. The Morgan fingerprint density at radius 3 is 2.02 bits per heavy atom. The quantitative estimate of drug-likeness (QED) is 0.137. The van der Waals surface area contributed by atoms with E-state index in [0.717, 1.165) is 12.0 Å². The fourth-order valence-corrected chi connectivity index (χ4v) is 5.95. The van der Waals surface area contributed by atoms with Crippen molar-refractivity contribution in [2.75, 3.05) is 26.1 Å². The molecule has 1 heterocycles. The number of methoxy groups -OCH3 is 2. The molecule has 274 valence electrons. The number of carbonyl (C=O) groups excluding carboxylic acids is 1. The van der Waals surface area contributed by atoms with Gasteiger partial charge < -0.3 is 19.7 Å². The number of anilines is 1. The van der Waals surface area contributed by atoms with Crippen LogP contribution in [-0.2, 0) is 25.2 Å². The van der Waals surface area contributed by atoms with Crippen molar-refractivity contribution in [2.24, 2.45) is 0 Å². The Bertz CT molecular complexity index is 2080. The van der Waals surface area contributed by atoms with Gasteiger partial charge in [-0.15, -0.1) is 0 Å². The summed E-state index contributed by atoms with van der Waals surface area (Å²) in [5.74, 6) is 1.01. The summed E-state index contributed by atoms with van der Waals surface area (Å²) in [6, 6.07) is 17.9. The van der Waals surface area contributed by atoms with Gasteiger partial charge in [0.05, 0.1) is 48.0 Å². The molecule has 5 aromatic rings. The van der Waals surface area contributed by atoms with Crippen LogP contribution in [0.5, 0.6) is 11.5 Å². The average Bonchev–Trinajstić information content (AvgIpc) is 3.12.